The van der Waals surface area contributed by atoms with Gasteiger partial charge < -0.3 is 14.6 Å². The van der Waals surface area contributed by atoms with Crippen molar-refractivity contribution >= 4 is 26.0 Å². The van der Waals surface area contributed by atoms with Gasteiger partial charge in [-0.25, -0.2) is 8.42 Å². The molecular weight excluding hydrogens is 336 g/mol. The van der Waals surface area contributed by atoms with Crippen molar-refractivity contribution in [2.24, 2.45) is 5.73 Å². The van der Waals surface area contributed by atoms with Crippen molar-refractivity contribution in [3.8, 4) is 0 Å². The summed E-state index contributed by atoms with van der Waals surface area (Å²) < 4.78 is 36.2. The minimum Gasteiger partial charge on any atom is -0.472 e. The molecule has 0 aliphatic carbocycles. The highest BCUT2D eigenvalue weighted by atomic mass is 79.9. The molecule has 2 N–H and O–H groups in total. The second kappa shape index (κ2) is 5.49. The Hall–Kier alpha value is -1.09. The molecule has 0 saturated carbocycles. The average molecular weight is 349 g/mol. The van der Waals surface area contributed by atoms with E-state index in [9.17, 15) is 8.42 Å². The number of nitrogens with zero attached hydrogens (tertiary/aromatic N) is 1. The maximum atomic E-state index is 12.4. The highest BCUT2D eigenvalue weighted by molar-refractivity contribution is 9.10. The van der Waals surface area contributed by atoms with Crippen molar-refractivity contribution in [3.63, 3.8) is 0 Å². The third kappa shape index (κ3) is 2.92. The summed E-state index contributed by atoms with van der Waals surface area (Å²) in [6, 6.07) is 3.13. The van der Waals surface area contributed by atoms with Gasteiger partial charge >= 0.3 is 0 Å². The number of nitrogens with two attached hydrogens (primary N) is 1. The topological polar surface area (TPSA) is 89.7 Å². The van der Waals surface area contributed by atoms with Crippen molar-refractivity contribution < 1.29 is 17.3 Å². The van der Waals surface area contributed by atoms with Gasteiger partial charge in [-0.2, -0.15) is 4.31 Å². The van der Waals surface area contributed by atoms with Crippen LogP contribution in [0.25, 0.3) is 0 Å². The van der Waals surface area contributed by atoms with Gasteiger partial charge in [0, 0.05) is 25.2 Å². The Morgan fingerprint density at radius 1 is 1.47 bits per heavy atom. The SMILES string of the molecule is CN(Cc1ccoc1)S(=O)(=O)c1cc(CN)oc1Br. The fourth-order valence-electron chi connectivity index (χ4n) is 1.57. The quantitative estimate of drug-likeness (QED) is 0.891. The van der Waals surface area contributed by atoms with E-state index in [2.05, 4.69) is 15.9 Å². The van der Waals surface area contributed by atoms with Crippen molar-refractivity contribution in [1.29, 1.82) is 0 Å². The van der Waals surface area contributed by atoms with Gasteiger partial charge in [0.1, 0.15) is 10.7 Å². The van der Waals surface area contributed by atoms with E-state index in [1.165, 1.54) is 29.9 Å². The first-order chi connectivity index (χ1) is 8.95. The molecule has 2 heterocycles. The Bertz CT molecular complexity index is 648. The molecule has 0 aliphatic heterocycles. The lowest BCUT2D eigenvalue weighted by atomic mass is 10.3. The number of hydrogen-bond donors (Lipinski definition) is 1. The molecule has 0 saturated heterocycles. The maximum Gasteiger partial charge on any atom is 0.247 e. The Balaban J connectivity index is 2.28. The molecule has 0 unspecified atom stereocenters. The van der Waals surface area contributed by atoms with Crippen LogP contribution >= 0.6 is 15.9 Å². The zero-order valence-electron chi connectivity index (χ0n) is 10.2. The predicted molar refractivity (Wildman–Crippen MR) is 71.7 cm³/mol. The van der Waals surface area contributed by atoms with Crippen LogP contribution in [-0.2, 0) is 23.1 Å². The minimum absolute atomic E-state index is 0.0685. The van der Waals surface area contributed by atoms with E-state index in [0.29, 0.717) is 5.76 Å². The summed E-state index contributed by atoms with van der Waals surface area (Å²) >= 11 is 3.09. The molecule has 0 spiro atoms. The van der Waals surface area contributed by atoms with Crippen molar-refractivity contribution in [2.75, 3.05) is 7.05 Å². The standard InChI is InChI=1S/C11H13BrN2O4S/c1-14(6-8-2-3-17-7-8)19(15,16)10-4-9(5-13)18-11(10)12/h2-4,7H,5-6,13H2,1H3. The molecule has 0 radical (unpaired) electrons. The van der Waals surface area contributed by atoms with E-state index < -0.39 is 10.0 Å². The Morgan fingerprint density at radius 2 is 2.21 bits per heavy atom. The lowest BCUT2D eigenvalue weighted by Crippen LogP contribution is -2.26. The molecule has 8 heteroatoms. The summed E-state index contributed by atoms with van der Waals surface area (Å²) in [5.74, 6) is 0.405. The number of sulfonamides is 1. The van der Waals surface area contributed by atoms with Gasteiger partial charge in [-0.05, 0) is 22.0 Å². The van der Waals surface area contributed by atoms with Crippen LogP contribution in [0.15, 0.2) is 43.1 Å². The van der Waals surface area contributed by atoms with Crippen LogP contribution in [0.4, 0.5) is 0 Å². The second-order valence-corrected chi connectivity index (χ2v) is 6.68. The van der Waals surface area contributed by atoms with Crippen LogP contribution in [0.3, 0.4) is 0 Å². The summed E-state index contributed by atoms with van der Waals surface area (Å²) in [4.78, 5) is 0.0685. The Labute approximate surface area is 119 Å². The third-order valence-corrected chi connectivity index (χ3v) is 5.24. The van der Waals surface area contributed by atoms with Crippen LogP contribution < -0.4 is 5.73 Å². The summed E-state index contributed by atoms with van der Waals surface area (Å²) in [7, 11) is -2.15. The fraction of sp³-hybridized carbons (Fsp3) is 0.273. The van der Waals surface area contributed by atoms with E-state index in [-0.39, 0.29) is 22.7 Å². The van der Waals surface area contributed by atoms with Crippen molar-refractivity contribution in [3.05, 3.63) is 40.7 Å². The van der Waals surface area contributed by atoms with E-state index in [1.807, 2.05) is 0 Å². The molecule has 0 fully saturated rings. The lowest BCUT2D eigenvalue weighted by Gasteiger charge is -2.15. The first kappa shape index (κ1) is 14.3. The lowest BCUT2D eigenvalue weighted by molar-refractivity contribution is 0.455. The van der Waals surface area contributed by atoms with E-state index in [1.54, 1.807) is 6.07 Å². The number of halogens is 1. The molecule has 0 aliphatic rings. The first-order valence-corrected chi connectivity index (χ1v) is 7.64. The van der Waals surface area contributed by atoms with Crippen LogP contribution in [0.2, 0.25) is 0 Å². The molecular formula is C11H13BrN2O4S. The third-order valence-electron chi connectivity index (χ3n) is 2.58. The van der Waals surface area contributed by atoms with Crippen molar-refractivity contribution in [1.82, 2.24) is 4.31 Å². The number of rotatable bonds is 5. The van der Waals surface area contributed by atoms with Gasteiger partial charge in [0.15, 0.2) is 4.67 Å². The highest BCUT2D eigenvalue weighted by Crippen LogP contribution is 2.28. The number of furan rings is 2. The van der Waals surface area contributed by atoms with Gasteiger partial charge in [0.25, 0.3) is 0 Å². The Kier molecular flexibility index (Phi) is 4.14. The predicted octanol–water partition coefficient (Wildman–Crippen LogP) is 1.91. The molecule has 19 heavy (non-hydrogen) atoms. The van der Waals surface area contributed by atoms with Gasteiger partial charge in [0.05, 0.1) is 19.1 Å². The molecule has 2 aromatic rings. The minimum atomic E-state index is -3.64. The van der Waals surface area contributed by atoms with E-state index >= 15 is 0 Å². The average Bonchev–Trinajstić information content (AvgIpc) is 2.98. The molecule has 6 nitrogen and oxygen atoms in total. The molecule has 0 aromatic carbocycles. The Morgan fingerprint density at radius 3 is 2.74 bits per heavy atom. The van der Waals surface area contributed by atoms with Crippen LogP contribution in [-0.4, -0.2) is 19.8 Å². The van der Waals surface area contributed by atoms with E-state index in [0.717, 1.165) is 5.56 Å². The van der Waals surface area contributed by atoms with Crippen LogP contribution in [0, 0.1) is 0 Å². The normalized spacial score (nSPS) is 12.2. The zero-order chi connectivity index (χ0) is 14.0. The van der Waals surface area contributed by atoms with Gasteiger partial charge in [-0.15, -0.1) is 0 Å². The molecule has 0 amide bonds. The van der Waals surface area contributed by atoms with Gasteiger partial charge in [-0.3, -0.25) is 0 Å². The maximum absolute atomic E-state index is 12.4. The zero-order valence-corrected chi connectivity index (χ0v) is 12.6. The van der Waals surface area contributed by atoms with E-state index in [4.69, 9.17) is 14.6 Å². The summed E-state index contributed by atoms with van der Waals surface area (Å²) in [6.45, 7) is 0.355. The monoisotopic (exact) mass is 348 g/mol. The highest BCUT2D eigenvalue weighted by Gasteiger charge is 2.27. The largest absolute Gasteiger partial charge is 0.472 e. The molecule has 0 bridgehead atoms. The molecule has 2 rings (SSSR count). The summed E-state index contributed by atoms with van der Waals surface area (Å²) in [5.41, 5.74) is 6.19. The second-order valence-electron chi connectivity index (χ2n) is 3.95. The van der Waals surface area contributed by atoms with Crippen LogP contribution in [0.5, 0.6) is 0 Å². The smallest absolute Gasteiger partial charge is 0.247 e. The molecule has 2 aromatic heterocycles. The summed E-state index contributed by atoms with van der Waals surface area (Å²) in [6.07, 6.45) is 3.00. The molecule has 0 atom stereocenters. The number of hydrogen-bond acceptors (Lipinski definition) is 5. The fourth-order valence-corrected chi connectivity index (χ4v) is 3.68. The van der Waals surface area contributed by atoms with Crippen molar-refractivity contribution in [2.45, 2.75) is 18.0 Å². The summed E-state index contributed by atoms with van der Waals surface area (Å²) in [5, 5.41) is 0. The molecule has 104 valence electrons. The first-order valence-electron chi connectivity index (χ1n) is 5.41. The van der Waals surface area contributed by atoms with Crippen LogP contribution in [0.1, 0.15) is 11.3 Å². The van der Waals surface area contributed by atoms with Gasteiger partial charge in [-0.1, -0.05) is 0 Å². The van der Waals surface area contributed by atoms with Gasteiger partial charge in [0.2, 0.25) is 10.0 Å².